The average molecular weight is 459 g/mol. The molecular formula is C27H30N4O3. The number of nitrogens with one attached hydrogen (secondary N) is 1. The molecule has 1 saturated heterocycles. The first-order chi connectivity index (χ1) is 16.4. The van der Waals surface area contributed by atoms with Crippen molar-refractivity contribution in [2.75, 3.05) is 33.8 Å². The van der Waals surface area contributed by atoms with Crippen molar-refractivity contribution in [1.29, 1.82) is 0 Å². The van der Waals surface area contributed by atoms with Gasteiger partial charge in [-0.05, 0) is 43.3 Å². The number of rotatable bonds is 7. The maximum Gasteiger partial charge on any atom is 0.328 e. The molecule has 2 atom stereocenters. The van der Waals surface area contributed by atoms with Gasteiger partial charge in [0, 0.05) is 42.7 Å². The van der Waals surface area contributed by atoms with E-state index in [0.717, 1.165) is 33.5 Å². The minimum atomic E-state index is -0.972. The van der Waals surface area contributed by atoms with Gasteiger partial charge in [-0.15, -0.1) is 6.58 Å². The molecule has 7 nitrogen and oxygen atoms in total. The van der Waals surface area contributed by atoms with E-state index in [2.05, 4.69) is 11.6 Å². The van der Waals surface area contributed by atoms with Crippen LogP contribution in [-0.4, -0.2) is 71.0 Å². The smallest absolute Gasteiger partial charge is 0.328 e. The number of hydrogen-bond donors (Lipinski definition) is 1. The molecule has 0 spiro atoms. The van der Waals surface area contributed by atoms with Gasteiger partial charge >= 0.3 is 6.03 Å². The molecule has 0 radical (unpaired) electrons. The van der Waals surface area contributed by atoms with Crippen molar-refractivity contribution in [3.63, 3.8) is 0 Å². The Balaban J connectivity index is 1.63. The third kappa shape index (κ3) is 3.30. The minimum absolute atomic E-state index is 0.145. The van der Waals surface area contributed by atoms with E-state index in [1.165, 1.54) is 4.90 Å². The van der Waals surface area contributed by atoms with Gasteiger partial charge in [0.05, 0.1) is 7.11 Å². The van der Waals surface area contributed by atoms with Gasteiger partial charge in [-0.2, -0.15) is 0 Å². The predicted molar refractivity (Wildman–Crippen MR) is 132 cm³/mol. The Morgan fingerprint density at radius 1 is 1.24 bits per heavy atom. The van der Waals surface area contributed by atoms with Gasteiger partial charge in [-0.3, -0.25) is 14.6 Å². The standard InChI is InChI=1S/C27H30N4O3/c1-5-13-29(3)14-15-30-25(32)27(2)17-21-20-16-19(34-4)11-12-22(20)28-23(21)24(31(27)26(30)33)18-9-7-6-8-10-18/h5-12,16,24,28H,1,13-15,17H2,2-4H3/t24?,27-/m0/s1. The fourth-order valence-corrected chi connectivity index (χ4v) is 5.38. The molecule has 1 N–H and O–H groups in total. The summed E-state index contributed by atoms with van der Waals surface area (Å²) >= 11 is 0. The number of benzene rings is 2. The SMILES string of the molecule is C=CCN(C)CCN1C(=O)N2C(c3ccccc3)c3[nH]c4ccc(OC)cc4c3C[C@@]2(C)C1=O. The fourth-order valence-electron chi connectivity index (χ4n) is 5.38. The van der Waals surface area contributed by atoms with E-state index in [1.807, 2.05) is 73.5 Å². The number of urea groups is 1. The Labute approximate surface area is 199 Å². The van der Waals surface area contributed by atoms with E-state index in [1.54, 1.807) is 12.0 Å². The van der Waals surface area contributed by atoms with Crippen LogP contribution in [-0.2, 0) is 11.2 Å². The van der Waals surface area contributed by atoms with Crippen molar-refractivity contribution < 1.29 is 14.3 Å². The van der Waals surface area contributed by atoms with Crippen molar-refractivity contribution >= 4 is 22.8 Å². The molecule has 0 aliphatic carbocycles. The number of methoxy groups -OCH3 is 1. The summed E-state index contributed by atoms with van der Waals surface area (Å²) in [5.74, 6) is 0.618. The summed E-state index contributed by atoms with van der Waals surface area (Å²) in [5.41, 5.74) is 2.99. The van der Waals surface area contributed by atoms with Crippen molar-refractivity contribution in [3.8, 4) is 5.75 Å². The normalized spacial score (nSPS) is 21.8. The van der Waals surface area contributed by atoms with Crippen molar-refractivity contribution in [2.45, 2.75) is 24.9 Å². The molecule has 3 aromatic rings. The van der Waals surface area contributed by atoms with Gasteiger partial charge in [0.25, 0.3) is 5.91 Å². The Morgan fingerprint density at radius 3 is 2.71 bits per heavy atom. The second-order valence-corrected chi connectivity index (χ2v) is 9.35. The van der Waals surface area contributed by atoms with E-state index in [9.17, 15) is 9.59 Å². The highest BCUT2D eigenvalue weighted by Gasteiger charge is 2.60. The number of aromatic amines is 1. The number of amides is 3. The molecule has 1 aromatic heterocycles. The maximum atomic E-state index is 13.8. The van der Waals surface area contributed by atoms with Crippen molar-refractivity contribution in [2.24, 2.45) is 0 Å². The molecule has 2 aliphatic heterocycles. The monoisotopic (exact) mass is 458 g/mol. The summed E-state index contributed by atoms with van der Waals surface area (Å²) in [6.45, 7) is 7.30. The van der Waals surface area contributed by atoms with E-state index in [-0.39, 0.29) is 18.0 Å². The maximum absolute atomic E-state index is 13.8. The zero-order chi connectivity index (χ0) is 24.0. The lowest BCUT2D eigenvalue weighted by molar-refractivity contribution is -0.133. The van der Waals surface area contributed by atoms with E-state index in [4.69, 9.17) is 4.74 Å². The summed E-state index contributed by atoms with van der Waals surface area (Å²) in [5, 5.41) is 1.03. The van der Waals surface area contributed by atoms with Crippen molar-refractivity contribution in [1.82, 2.24) is 19.7 Å². The molecular weight excluding hydrogens is 428 g/mol. The molecule has 1 unspecified atom stereocenters. The molecule has 3 amide bonds. The molecule has 7 heteroatoms. The van der Waals surface area contributed by atoms with Gasteiger partial charge in [-0.1, -0.05) is 36.4 Å². The van der Waals surface area contributed by atoms with E-state index < -0.39 is 5.54 Å². The van der Waals surface area contributed by atoms with Gasteiger partial charge < -0.3 is 14.6 Å². The van der Waals surface area contributed by atoms with Crippen LogP contribution in [0, 0.1) is 0 Å². The molecule has 5 rings (SSSR count). The van der Waals surface area contributed by atoms with Gasteiger partial charge in [0.15, 0.2) is 0 Å². The second kappa shape index (κ2) is 8.33. The summed E-state index contributed by atoms with van der Waals surface area (Å²) in [6, 6.07) is 15.2. The Hall–Kier alpha value is -3.58. The predicted octanol–water partition coefficient (Wildman–Crippen LogP) is 3.96. The largest absolute Gasteiger partial charge is 0.497 e. The first-order valence-corrected chi connectivity index (χ1v) is 11.6. The number of carbonyl (C=O) groups is 2. The van der Waals surface area contributed by atoms with Crippen LogP contribution in [0.25, 0.3) is 10.9 Å². The highest BCUT2D eigenvalue weighted by atomic mass is 16.5. The van der Waals surface area contributed by atoms with Crippen LogP contribution in [0.5, 0.6) is 5.75 Å². The zero-order valence-electron chi connectivity index (χ0n) is 19.9. The second-order valence-electron chi connectivity index (χ2n) is 9.35. The van der Waals surface area contributed by atoms with Gasteiger partial charge in [0.2, 0.25) is 0 Å². The van der Waals surface area contributed by atoms with Crippen LogP contribution in [0.2, 0.25) is 0 Å². The molecule has 34 heavy (non-hydrogen) atoms. The number of imide groups is 1. The quantitative estimate of drug-likeness (QED) is 0.430. The Bertz CT molecular complexity index is 1270. The Kier molecular flexibility index (Phi) is 5.44. The number of likely N-dealkylation sites (N-methyl/N-ethyl adjacent to an activating group) is 1. The highest BCUT2D eigenvalue weighted by molar-refractivity contribution is 6.08. The Morgan fingerprint density at radius 2 is 2.00 bits per heavy atom. The highest BCUT2D eigenvalue weighted by Crippen LogP contribution is 2.48. The summed E-state index contributed by atoms with van der Waals surface area (Å²) in [6.07, 6.45) is 2.26. The molecule has 2 aromatic carbocycles. The summed E-state index contributed by atoms with van der Waals surface area (Å²) in [4.78, 5) is 36.4. The number of hydrogen-bond acceptors (Lipinski definition) is 4. The van der Waals surface area contributed by atoms with Crippen LogP contribution in [0.4, 0.5) is 4.79 Å². The minimum Gasteiger partial charge on any atom is -0.497 e. The summed E-state index contributed by atoms with van der Waals surface area (Å²) < 4.78 is 5.47. The number of fused-ring (bicyclic) bond motifs is 4. The molecule has 0 bridgehead atoms. The lowest BCUT2D eigenvalue weighted by Gasteiger charge is -2.42. The number of ether oxygens (including phenoxy) is 1. The topological polar surface area (TPSA) is 68.9 Å². The number of nitrogens with zero attached hydrogens (tertiary/aromatic N) is 3. The molecule has 0 saturated carbocycles. The van der Waals surface area contributed by atoms with Crippen LogP contribution in [0.1, 0.15) is 29.8 Å². The number of H-pyrrole nitrogens is 1. The first-order valence-electron chi connectivity index (χ1n) is 11.6. The first kappa shape index (κ1) is 22.2. The summed E-state index contributed by atoms with van der Waals surface area (Å²) in [7, 11) is 3.61. The number of aromatic nitrogens is 1. The number of carbonyl (C=O) groups excluding carboxylic acids is 2. The third-order valence-corrected chi connectivity index (χ3v) is 7.13. The van der Waals surface area contributed by atoms with Crippen LogP contribution in [0.15, 0.2) is 61.2 Å². The molecule has 176 valence electrons. The van der Waals surface area contributed by atoms with Crippen LogP contribution < -0.4 is 4.74 Å². The van der Waals surface area contributed by atoms with E-state index in [0.29, 0.717) is 26.1 Å². The van der Waals surface area contributed by atoms with E-state index >= 15 is 0 Å². The lowest BCUT2D eigenvalue weighted by atomic mass is 9.81. The van der Waals surface area contributed by atoms with Gasteiger partial charge in [-0.25, -0.2) is 4.79 Å². The fraction of sp³-hybridized carbons (Fsp3) is 0.333. The van der Waals surface area contributed by atoms with Crippen molar-refractivity contribution in [3.05, 3.63) is 78.0 Å². The zero-order valence-corrected chi connectivity index (χ0v) is 19.9. The molecule has 3 heterocycles. The average Bonchev–Trinajstić information content (AvgIpc) is 3.28. The molecule has 2 aliphatic rings. The lowest BCUT2D eigenvalue weighted by Crippen LogP contribution is -2.53. The van der Waals surface area contributed by atoms with Crippen LogP contribution in [0.3, 0.4) is 0 Å². The third-order valence-electron chi connectivity index (χ3n) is 7.13. The van der Waals surface area contributed by atoms with Gasteiger partial charge in [0.1, 0.15) is 17.3 Å². The molecule has 1 fully saturated rings. The van der Waals surface area contributed by atoms with Crippen LogP contribution >= 0.6 is 0 Å².